The van der Waals surface area contributed by atoms with E-state index in [9.17, 15) is 14.4 Å². The van der Waals surface area contributed by atoms with E-state index in [0.717, 1.165) is 4.90 Å². The van der Waals surface area contributed by atoms with Crippen LogP contribution in [0.2, 0.25) is 5.02 Å². The van der Waals surface area contributed by atoms with Crippen molar-refractivity contribution in [3.63, 3.8) is 0 Å². The third-order valence-corrected chi connectivity index (χ3v) is 4.84. The van der Waals surface area contributed by atoms with E-state index in [-0.39, 0.29) is 10.6 Å². The molecule has 1 aliphatic rings. The van der Waals surface area contributed by atoms with Gasteiger partial charge in [0.25, 0.3) is 5.91 Å². The summed E-state index contributed by atoms with van der Waals surface area (Å²) in [5.41, 5.74) is -0.137. The number of urea groups is 1. The molecule has 1 fully saturated rings. The zero-order chi connectivity index (χ0) is 20.6. The number of amides is 4. The third-order valence-electron chi connectivity index (χ3n) is 4.53. The number of rotatable bonds is 4. The highest BCUT2D eigenvalue weighted by molar-refractivity contribution is 6.32. The summed E-state index contributed by atoms with van der Waals surface area (Å²) in [6, 6.07) is 7.34. The maximum atomic E-state index is 12.9. The van der Waals surface area contributed by atoms with Gasteiger partial charge in [-0.05, 0) is 45.0 Å². The second-order valence-electron chi connectivity index (χ2n) is 6.63. The van der Waals surface area contributed by atoms with Gasteiger partial charge in [-0.1, -0.05) is 11.6 Å². The molecule has 1 aromatic carbocycles. The Morgan fingerprint density at radius 3 is 2.64 bits per heavy atom. The van der Waals surface area contributed by atoms with Crippen molar-refractivity contribution in [1.29, 1.82) is 5.26 Å². The molecule has 2 N–H and O–H groups in total. The highest BCUT2D eigenvalue weighted by atomic mass is 35.5. The molecule has 28 heavy (non-hydrogen) atoms. The Kier molecular flexibility index (Phi) is 4.87. The fourth-order valence-corrected chi connectivity index (χ4v) is 3.40. The molecule has 0 spiro atoms. The molecule has 0 radical (unpaired) electrons. The predicted molar refractivity (Wildman–Crippen MR) is 101 cm³/mol. The molecule has 4 amide bonds. The minimum Gasteiger partial charge on any atom is -0.466 e. The van der Waals surface area contributed by atoms with Crippen LogP contribution in [0.25, 0.3) is 0 Å². The molecule has 1 aromatic heterocycles. The number of anilines is 1. The van der Waals surface area contributed by atoms with E-state index < -0.39 is 29.9 Å². The van der Waals surface area contributed by atoms with Crippen LogP contribution in [0.1, 0.15) is 29.6 Å². The second kappa shape index (κ2) is 7.02. The van der Waals surface area contributed by atoms with E-state index in [2.05, 4.69) is 10.6 Å². The lowest BCUT2D eigenvalue weighted by Crippen LogP contribution is -2.42. The highest BCUT2D eigenvalue weighted by Crippen LogP contribution is 2.32. The number of aryl methyl sites for hydroxylation is 2. The van der Waals surface area contributed by atoms with E-state index in [1.165, 1.54) is 18.2 Å². The van der Waals surface area contributed by atoms with Gasteiger partial charge in [-0.15, -0.1) is 0 Å². The van der Waals surface area contributed by atoms with Crippen LogP contribution in [0, 0.1) is 25.2 Å². The quantitative estimate of drug-likeness (QED) is 0.765. The maximum absolute atomic E-state index is 12.9. The number of furan rings is 1. The first-order valence-electron chi connectivity index (χ1n) is 8.37. The SMILES string of the molecule is Cc1cc(C2(C)NC(=O)N(CC(=O)Nc3ccc(C#N)c(Cl)c3)C2=O)c(C)o1. The van der Waals surface area contributed by atoms with Crippen LogP contribution in [0.5, 0.6) is 0 Å². The molecule has 2 heterocycles. The summed E-state index contributed by atoms with van der Waals surface area (Å²) in [6.45, 7) is 4.56. The summed E-state index contributed by atoms with van der Waals surface area (Å²) in [5, 5.41) is 14.3. The fraction of sp³-hybridized carbons (Fsp3) is 0.263. The summed E-state index contributed by atoms with van der Waals surface area (Å²) in [6.07, 6.45) is 0. The topological polar surface area (TPSA) is 115 Å². The first-order valence-corrected chi connectivity index (χ1v) is 8.74. The lowest BCUT2D eigenvalue weighted by molar-refractivity contribution is -0.133. The monoisotopic (exact) mass is 400 g/mol. The van der Waals surface area contributed by atoms with Crippen LogP contribution in [0.15, 0.2) is 28.7 Å². The minimum absolute atomic E-state index is 0.189. The Labute approximate surface area is 166 Å². The van der Waals surface area contributed by atoms with E-state index >= 15 is 0 Å². The fourth-order valence-electron chi connectivity index (χ4n) is 3.18. The molecular formula is C19H17ClN4O4. The van der Waals surface area contributed by atoms with Crippen molar-refractivity contribution in [1.82, 2.24) is 10.2 Å². The standard InChI is InChI=1S/C19H17ClN4O4/c1-10-6-14(11(2)28-10)19(3)17(26)24(18(27)23-19)9-16(25)22-13-5-4-12(8-21)15(20)7-13/h4-7H,9H2,1-3H3,(H,22,25)(H,23,27). The van der Waals surface area contributed by atoms with Crippen LogP contribution < -0.4 is 10.6 Å². The number of nitrogens with one attached hydrogen (secondary N) is 2. The third kappa shape index (κ3) is 3.32. The van der Waals surface area contributed by atoms with Gasteiger partial charge in [0.1, 0.15) is 29.7 Å². The molecule has 0 aliphatic carbocycles. The number of nitrogens with zero attached hydrogens (tertiary/aromatic N) is 2. The number of benzene rings is 1. The Balaban J connectivity index is 1.76. The molecule has 2 aromatic rings. The lowest BCUT2D eigenvalue weighted by Gasteiger charge is -2.21. The van der Waals surface area contributed by atoms with Crippen molar-refractivity contribution >= 4 is 35.1 Å². The molecule has 3 rings (SSSR count). The van der Waals surface area contributed by atoms with Gasteiger partial charge in [0.15, 0.2) is 0 Å². The average Bonchev–Trinajstić information content (AvgIpc) is 3.07. The number of carbonyl (C=O) groups excluding carboxylic acids is 3. The molecular weight excluding hydrogens is 384 g/mol. The lowest BCUT2D eigenvalue weighted by atomic mass is 9.92. The van der Waals surface area contributed by atoms with E-state index in [1.54, 1.807) is 26.8 Å². The van der Waals surface area contributed by atoms with Gasteiger partial charge in [0, 0.05) is 11.3 Å². The Hall–Kier alpha value is -3.31. The number of hydrogen-bond donors (Lipinski definition) is 2. The Morgan fingerprint density at radius 2 is 2.07 bits per heavy atom. The Bertz CT molecular complexity index is 1040. The highest BCUT2D eigenvalue weighted by Gasteiger charge is 2.51. The predicted octanol–water partition coefficient (Wildman–Crippen LogP) is 2.83. The van der Waals surface area contributed by atoms with Gasteiger partial charge in [-0.2, -0.15) is 5.26 Å². The molecule has 8 nitrogen and oxygen atoms in total. The number of imide groups is 1. The zero-order valence-corrected chi connectivity index (χ0v) is 16.2. The molecule has 1 atom stereocenters. The Morgan fingerprint density at radius 1 is 1.36 bits per heavy atom. The zero-order valence-electron chi connectivity index (χ0n) is 15.4. The van der Waals surface area contributed by atoms with Gasteiger partial charge in [0.05, 0.1) is 10.6 Å². The van der Waals surface area contributed by atoms with E-state index in [0.29, 0.717) is 22.8 Å². The second-order valence-corrected chi connectivity index (χ2v) is 7.04. The van der Waals surface area contributed by atoms with Crippen LogP contribution in [0.4, 0.5) is 10.5 Å². The van der Waals surface area contributed by atoms with Gasteiger partial charge in [-0.25, -0.2) is 4.79 Å². The van der Waals surface area contributed by atoms with Crippen molar-refractivity contribution in [2.24, 2.45) is 0 Å². The van der Waals surface area contributed by atoms with Crippen LogP contribution in [-0.2, 0) is 15.1 Å². The van der Waals surface area contributed by atoms with Gasteiger partial charge < -0.3 is 15.1 Å². The molecule has 9 heteroatoms. The van der Waals surface area contributed by atoms with Crippen molar-refractivity contribution in [3.05, 3.63) is 51.9 Å². The molecule has 0 bridgehead atoms. The number of carbonyl (C=O) groups is 3. The smallest absolute Gasteiger partial charge is 0.325 e. The first kappa shape index (κ1) is 19.5. The summed E-state index contributed by atoms with van der Waals surface area (Å²) in [5.74, 6) is 0.0138. The number of nitriles is 1. The van der Waals surface area contributed by atoms with Crippen molar-refractivity contribution in [3.8, 4) is 6.07 Å². The largest absolute Gasteiger partial charge is 0.466 e. The first-order chi connectivity index (χ1) is 13.2. The van der Waals surface area contributed by atoms with Gasteiger partial charge in [-0.3, -0.25) is 14.5 Å². The summed E-state index contributed by atoms with van der Waals surface area (Å²) in [7, 11) is 0. The normalized spacial score (nSPS) is 18.8. The van der Waals surface area contributed by atoms with E-state index in [4.69, 9.17) is 21.3 Å². The summed E-state index contributed by atoms with van der Waals surface area (Å²) in [4.78, 5) is 38.4. The van der Waals surface area contributed by atoms with Crippen LogP contribution >= 0.6 is 11.6 Å². The molecule has 1 aliphatic heterocycles. The summed E-state index contributed by atoms with van der Waals surface area (Å²) >= 11 is 5.94. The van der Waals surface area contributed by atoms with Crippen molar-refractivity contribution in [2.75, 3.05) is 11.9 Å². The molecule has 1 saturated heterocycles. The molecule has 144 valence electrons. The molecule has 1 unspecified atom stereocenters. The van der Waals surface area contributed by atoms with Gasteiger partial charge >= 0.3 is 6.03 Å². The maximum Gasteiger partial charge on any atom is 0.325 e. The number of halogens is 1. The average molecular weight is 401 g/mol. The minimum atomic E-state index is -1.31. The summed E-state index contributed by atoms with van der Waals surface area (Å²) < 4.78 is 5.46. The van der Waals surface area contributed by atoms with Crippen LogP contribution in [-0.4, -0.2) is 29.3 Å². The molecule has 0 saturated carbocycles. The van der Waals surface area contributed by atoms with Gasteiger partial charge in [0.2, 0.25) is 5.91 Å². The number of hydrogen-bond acceptors (Lipinski definition) is 5. The van der Waals surface area contributed by atoms with Crippen molar-refractivity contribution in [2.45, 2.75) is 26.3 Å². The van der Waals surface area contributed by atoms with Crippen molar-refractivity contribution < 1.29 is 18.8 Å². The van der Waals surface area contributed by atoms with Crippen LogP contribution in [0.3, 0.4) is 0 Å². The van der Waals surface area contributed by atoms with E-state index in [1.807, 2.05) is 6.07 Å².